The summed E-state index contributed by atoms with van der Waals surface area (Å²) < 4.78 is 5.92. The molecule has 2 aromatic rings. The van der Waals surface area contributed by atoms with E-state index in [9.17, 15) is 4.79 Å². The van der Waals surface area contributed by atoms with Crippen molar-refractivity contribution in [3.8, 4) is 0 Å². The zero-order chi connectivity index (χ0) is 13.3. The van der Waals surface area contributed by atoms with Gasteiger partial charge in [-0.15, -0.1) is 0 Å². The molecule has 1 heterocycles. The third-order valence-corrected chi connectivity index (χ3v) is 3.66. The van der Waals surface area contributed by atoms with Gasteiger partial charge in [0.15, 0.2) is 0 Å². The molecule has 0 atom stereocenters. The van der Waals surface area contributed by atoms with Gasteiger partial charge in [0.25, 0.3) is 0 Å². The molecule has 0 radical (unpaired) electrons. The third kappa shape index (κ3) is 2.55. The molecular formula is C12H8Cl2INO2. The number of ether oxygens (including phenoxy) is 1. The van der Waals surface area contributed by atoms with Crippen molar-refractivity contribution in [2.24, 2.45) is 0 Å². The summed E-state index contributed by atoms with van der Waals surface area (Å²) in [4.78, 5) is 15.9. The molecule has 0 amide bonds. The van der Waals surface area contributed by atoms with E-state index in [1.165, 1.54) is 0 Å². The third-order valence-electron chi connectivity index (χ3n) is 2.32. The predicted octanol–water partition coefficient (Wildman–Crippen LogP) is 4.32. The van der Waals surface area contributed by atoms with Crippen LogP contribution < -0.4 is 0 Å². The Morgan fingerprint density at radius 3 is 2.83 bits per heavy atom. The number of fused-ring (bicyclic) bond motifs is 1. The van der Waals surface area contributed by atoms with Crippen molar-refractivity contribution < 1.29 is 9.53 Å². The van der Waals surface area contributed by atoms with Gasteiger partial charge in [0.1, 0.15) is 10.7 Å². The van der Waals surface area contributed by atoms with Crippen LogP contribution >= 0.6 is 45.8 Å². The van der Waals surface area contributed by atoms with Gasteiger partial charge in [-0.1, -0.05) is 23.2 Å². The van der Waals surface area contributed by atoms with Gasteiger partial charge >= 0.3 is 5.97 Å². The molecule has 0 unspecified atom stereocenters. The quantitative estimate of drug-likeness (QED) is 0.431. The highest BCUT2D eigenvalue weighted by atomic mass is 127. The number of esters is 1. The number of benzene rings is 1. The highest BCUT2D eigenvalue weighted by molar-refractivity contribution is 14.1. The first kappa shape index (κ1) is 13.8. The van der Waals surface area contributed by atoms with Gasteiger partial charge < -0.3 is 4.74 Å². The van der Waals surface area contributed by atoms with Crippen molar-refractivity contribution in [2.45, 2.75) is 6.92 Å². The van der Waals surface area contributed by atoms with Crippen LogP contribution in [0.25, 0.3) is 10.9 Å². The fourth-order valence-corrected chi connectivity index (χ4v) is 2.67. The molecule has 1 aromatic heterocycles. The van der Waals surface area contributed by atoms with E-state index < -0.39 is 5.97 Å². The Morgan fingerprint density at radius 1 is 1.44 bits per heavy atom. The van der Waals surface area contributed by atoms with Gasteiger partial charge in [0.2, 0.25) is 0 Å². The van der Waals surface area contributed by atoms with E-state index in [2.05, 4.69) is 27.6 Å². The highest BCUT2D eigenvalue weighted by Crippen LogP contribution is 2.32. The predicted molar refractivity (Wildman–Crippen MR) is 80.4 cm³/mol. The second kappa shape index (κ2) is 5.59. The second-order valence-electron chi connectivity index (χ2n) is 3.47. The van der Waals surface area contributed by atoms with E-state index in [0.717, 1.165) is 3.57 Å². The van der Waals surface area contributed by atoms with E-state index in [4.69, 9.17) is 27.9 Å². The molecule has 0 saturated heterocycles. The fourth-order valence-electron chi connectivity index (χ4n) is 1.55. The van der Waals surface area contributed by atoms with E-state index in [1.54, 1.807) is 6.92 Å². The molecule has 3 nitrogen and oxygen atoms in total. The van der Waals surface area contributed by atoms with Crippen LogP contribution in [0.5, 0.6) is 0 Å². The number of hydrogen-bond donors (Lipinski definition) is 0. The first-order valence-electron chi connectivity index (χ1n) is 5.16. The highest BCUT2D eigenvalue weighted by Gasteiger charge is 2.20. The van der Waals surface area contributed by atoms with Gasteiger partial charge in [-0.25, -0.2) is 9.78 Å². The Kier molecular flexibility index (Phi) is 4.29. The van der Waals surface area contributed by atoms with E-state index in [1.807, 2.05) is 18.2 Å². The van der Waals surface area contributed by atoms with Crippen molar-refractivity contribution in [3.63, 3.8) is 0 Å². The molecule has 1 aromatic carbocycles. The second-order valence-corrected chi connectivity index (χ2v) is 5.46. The number of carbonyl (C=O) groups excluding carboxylic acids is 1. The fraction of sp³-hybridized carbons (Fsp3) is 0.167. The zero-order valence-corrected chi connectivity index (χ0v) is 13.0. The summed E-state index contributed by atoms with van der Waals surface area (Å²) in [5, 5.41) is 1.03. The van der Waals surface area contributed by atoms with E-state index >= 15 is 0 Å². The Balaban J connectivity index is 2.70. The average molecular weight is 396 g/mol. The van der Waals surface area contributed by atoms with Gasteiger partial charge in [-0.05, 0) is 47.7 Å². The smallest absolute Gasteiger partial charge is 0.342 e. The summed E-state index contributed by atoms with van der Waals surface area (Å²) in [7, 11) is 0. The number of hydrogen-bond acceptors (Lipinski definition) is 3. The summed E-state index contributed by atoms with van der Waals surface area (Å²) in [5.74, 6) is -0.555. The number of halogens is 3. The van der Waals surface area contributed by atoms with Crippen LogP contribution in [0.15, 0.2) is 18.2 Å². The number of rotatable bonds is 2. The molecule has 0 aliphatic rings. The van der Waals surface area contributed by atoms with Crippen LogP contribution in [-0.2, 0) is 4.74 Å². The van der Waals surface area contributed by atoms with Crippen LogP contribution in [0, 0.1) is 3.57 Å². The Hall–Kier alpha value is -0.590. The van der Waals surface area contributed by atoms with Gasteiger partial charge in [-0.3, -0.25) is 0 Å². The summed E-state index contributed by atoms with van der Waals surface area (Å²) in [6.07, 6.45) is 0. The molecule has 0 fully saturated rings. The van der Waals surface area contributed by atoms with Gasteiger partial charge in [-0.2, -0.15) is 0 Å². The van der Waals surface area contributed by atoms with Crippen molar-refractivity contribution in [2.75, 3.05) is 6.61 Å². The maximum Gasteiger partial charge on any atom is 0.342 e. The summed E-state index contributed by atoms with van der Waals surface area (Å²) in [5.41, 5.74) is 0.771. The van der Waals surface area contributed by atoms with Crippen LogP contribution in [-0.4, -0.2) is 17.6 Å². The first-order chi connectivity index (χ1) is 8.54. The van der Waals surface area contributed by atoms with Crippen molar-refractivity contribution in [1.82, 2.24) is 4.98 Å². The van der Waals surface area contributed by atoms with Gasteiger partial charge in [0, 0.05) is 8.96 Å². The van der Waals surface area contributed by atoms with Crippen molar-refractivity contribution >= 4 is 62.7 Å². The molecule has 0 aliphatic carbocycles. The normalized spacial score (nSPS) is 10.7. The Labute approximate surface area is 128 Å². The summed E-state index contributed by atoms with van der Waals surface area (Å²) >= 11 is 14.4. The molecule has 0 N–H and O–H groups in total. The molecule has 94 valence electrons. The van der Waals surface area contributed by atoms with E-state index in [0.29, 0.717) is 10.9 Å². The lowest BCUT2D eigenvalue weighted by molar-refractivity contribution is 0.0526. The number of pyridine rings is 1. The largest absolute Gasteiger partial charge is 0.462 e. The molecule has 0 spiro atoms. The molecule has 0 bridgehead atoms. The first-order valence-corrected chi connectivity index (χ1v) is 6.99. The minimum absolute atomic E-state index is 0.0622. The minimum atomic E-state index is -0.555. The maximum atomic E-state index is 11.8. The Morgan fingerprint density at radius 2 is 2.17 bits per heavy atom. The molecule has 0 aliphatic heterocycles. The molecule has 0 saturated carbocycles. The van der Waals surface area contributed by atoms with Crippen LogP contribution in [0.3, 0.4) is 0 Å². The summed E-state index contributed by atoms with van der Waals surface area (Å²) in [6.45, 7) is 1.98. The monoisotopic (exact) mass is 395 g/mol. The SMILES string of the molecule is CCOC(=O)c1c(Cl)nc2ccc(I)cc2c1Cl. The summed E-state index contributed by atoms with van der Waals surface area (Å²) in [6, 6.07) is 5.56. The van der Waals surface area contributed by atoms with Crippen molar-refractivity contribution in [1.29, 1.82) is 0 Å². The number of aromatic nitrogens is 1. The van der Waals surface area contributed by atoms with Gasteiger partial charge in [0.05, 0.1) is 17.1 Å². The lowest BCUT2D eigenvalue weighted by Gasteiger charge is -2.09. The topological polar surface area (TPSA) is 39.2 Å². The molecular weight excluding hydrogens is 388 g/mol. The molecule has 18 heavy (non-hydrogen) atoms. The van der Waals surface area contributed by atoms with Crippen LogP contribution in [0.2, 0.25) is 10.2 Å². The van der Waals surface area contributed by atoms with E-state index in [-0.39, 0.29) is 22.3 Å². The standard InChI is InChI=1S/C12H8Cl2INO2/c1-2-18-12(17)9-10(13)7-5-6(15)3-4-8(7)16-11(9)14/h3-5H,2H2,1H3. The zero-order valence-electron chi connectivity index (χ0n) is 9.34. The average Bonchev–Trinajstić information content (AvgIpc) is 2.31. The minimum Gasteiger partial charge on any atom is -0.462 e. The number of nitrogens with zero attached hydrogens (tertiary/aromatic N) is 1. The molecule has 6 heteroatoms. The van der Waals surface area contributed by atoms with Crippen LogP contribution in [0.1, 0.15) is 17.3 Å². The lowest BCUT2D eigenvalue weighted by atomic mass is 10.1. The van der Waals surface area contributed by atoms with Crippen LogP contribution in [0.4, 0.5) is 0 Å². The lowest BCUT2D eigenvalue weighted by Crippen LogP contribution is -2.07. The number of carbonyl (C=O) groups is 1. The van der Waals surface area contributed by atoms with Crippen molar-refractivity contribution in [3.05, 3.63) is 37.5 Å². The molecule has 2 rings (SSSR count). The Bertz CT molecular complexity index is 631. The maximum absolute atomic E-state index is 11.8.